The zero-order valence-electron chi connectivity index (χ0n) is 14.2. The largest absolute Gasteiger partial charge is 2.00 e. The summed E-state index contributed by atoms with van der Waals surface area (Å²) in [5, 5.41) is 9.03. The second-order valence-electron chi connectivity index (χ2n) is 7.61. The Labute approximate surface area is 149 Å². The third kappa shape index (κ3) is 4.96. The van der Waals surface area contributed by atoms with Gasteiger partial charge in [0.05, 0.1) is 26.7 Å². The maximum absolute atomic E-state index is 9.03. The van der Waals surface area contributed by atoms with Crippen LogP contribution in [0.5, 0.6) is 0 Å². The number of carbonyl (C=O) groups is 1. The Morgan fingerprint density at radius 1 is 1.00 bits per heavy atom. The van der Waals surface area contributed by atoms with E-state index in [9.17, 15) is 0 Å². The summed E-state index contributed by atoms with van der Waals surface area (Å²) in [5.41, 5.74) is 0.675. The molecule has 0 radical (unpaired) electrons. The second kappa shape index (κ2) is 8.68. The van der Waals surface area contributed by atoms with Crippen LogP contribution in [-0.4, -0.2) is 78.4 Å². The van der Waals surface area contributed by atoms with Gasteiger partial charge in [-0.05, 0) is 37.0 Å². The first-order chi connectivity index (χ1) is 8.75. The molecule has 22 heavy (non-hydrogen) atoms. The van der Waals surface area contributed by atoms with E-state index in [-0.39, 0.29) is 34.0 Å². The molecular weight excluding hydrogens is 298 g/mol. The molecule has 4 aliphatic rings. The molecule has 0 saturated heterocycles. The Morgan fingerprint density at radius 3 is 1.45 bits per heavy atom. The molecular formula is C15H29MgNO5. The van der Waals surface area contributed by atoms with Crippen molar-refractivity contribution in [2.24, 2.45) is 17.8 Å². The molecule has 2 N–H and O–H groups in total. The fraction of sp³-hybridized carbons (Fsp3) is 0.933. The van der Waals surface area contributed by atoms with Crippen LogP contribution in [0.1, 0.15) is 38.5 Å². The van der Waals surface area contributed by atoms with E-state index in [1.165, 1.54) is 23.7 Å². The fourth-order valence-electron chi connectivity index (χ4n) is 4.89. The summed E-state index contributed by atoms with van der Waals surface area (Å²) in [6.07, 6.45) is 7.80. The van der Waals surface area contributed by atoms with Crippen LogP contribution >= 0.6 is 0 Å². The Morgan fingerprint density at radius 2 is 1.27 bits per heavy atom. The zero-order valence-corrected chi connectivity index (χ0v) is 15.7. The standard InChI is InChI=1S/C13H24N.C2H4O3.Mg.2H2O/c1-14(2,3)13-7-10-4-11(8-13)6-12(5-10)9-13;1-5-2(3)4;;;/h10-12H,4-9H2,1-3H3;1H3,(H,3,4);;2*1H2/q+1;;+2;;/p-3. The number of quaternary nitrogens is 1. The smallest absolute Gasteiger partial charge is 0.870 e. The summed E-state index contributed by atoms with van der Waals surface area (Å²) in [6, 6.07) is 0. The van der Waals surface area contributed by atoms with Crippen molar-refractivity contribution in [1.29, 1.82) is 0 Å². The van der Waals surface area contributed by atoms with Crippen molar-refractivity contribution in [2.45, 2.75) is 44.1 Å². The molecule has 0 aliphatic heterocycles. The van der Waals surface area contributed by atoms with Crippen LogP contribution in [0.15, 0.2) is 0 Å². The van der Waals surface area contributed by atoms with E-state index in [4.69, 9.17) is 9.90 Å². The molecule has 0 aromatic carbocycles. The van der Waals surface area contributed by atoms with Gasteiger partial charge in [-0.15, -0.1) is 0 Å². The van der Waals surface area contributed by atoms with E-state index >= 15 is 0 Å². The van der Waals surface area contributed by atoms with E-state index in [0.717, 1.165) is 24.9 Å². The minimum Gasteiger partial charge on any atom is -0.870 e. The summed E-state index contributed by atoms with van der Waals surface area (Å²) in [6.45, 7) is 0. The van der Waals surface area contributed by atoms with Crippen LogP contribution in [0, 0.1) is 17.8 Å². The monoisotopic (exact) mass is 327 g/mol. The van der Waals surface area contributed by atoms with E-state index in [1.807, 2.05) is 0 Å². The summed E-state index contributed by atoms with van der Waals surface area (Å²) < 4.78 is 4.77. The van der Waals surface area contributed by atoms with Crippen LogP contribution < -0.4 is 5.11 Å². The Balaban J connectivity index is 0. The molecule has 0 amide bonds. The van der Waals surface area contributed by atoms with Crippen LogP contribution in [0.3, 0.4) is 0 Å². The third-order valence-corrected chi connectivity index (χ3v) is 5.60. The molecule has 4 bridgehead atoms. The van der Waals surface area contributed by atoms with Gasteiger partial charge in [0, 0.05) is 26.4 Å². The van der Waals surface area contributed by atoms with Crippen molar-refractivity contribution in [3.63, 3.8) is 0 Å². The number of rotatable bonds is 1. The number of methoxy groups -OCH3 is 1. The number of ether oxygens (including phenoxy) is 1. The van der Waals surface area contributed by atoms with Crippen LogP contribution in [-0.2, 0) is 4.74 Å². The van der Waals surface area contributed by atoms with E-state index in [1.54, 1.807) is 19.3 Å². The summed E-state index contributed by atoms with van der Waals surface area (Å²) in [7, 11) is 8.31. The molecule has 0 aromatic heterocycles. The van der Waals surface area contributed by atoms with Crippen molar-refractivity contribution < 1.29 is 30.1 Å². The van der Waals surface area contributed by atoms with Gasteiger partial charge in [-0.1, -0.05) is 0 Å². The van der Waals surface area contributed by atoms with Crippen LogP contribution in [0.4, 0.5) is 4.79 Å². The van der Waals surface area contributed by atoms with Crippen LogP contribution in [0.25, 0.3) is 0 Å². The van der Waals surface area contributed by atoms with Gasteiger partial charge < -0.3 is 30.1 Å². The van der Waals surface area contributed by atoms with Crippen molar-refractivity contribution in [1.82, 2.24) is 0 Å². The van der Waals surface area contributed by atoms with Crippen LogP contribution in [0.2, 0.25) is 0 Å². The predicted molar refractivity (Wildman–Crippen MR) is 81.0 cm³/mol. The Kier molecular flexibility index (Phi) is 9.54. The first-order valence-electron chi connectivity index (χ1n) is 7.32. The van der Waals surface area contributed by atoms with E-state index in [0.29, 0.717) is 5.54 Å². The molecule has 4 aliphatic carbocycles. The summed E-state index contributed by atoms with van der Waals surface area (Å²) in [4.78, 5) is 9.03. The zero-order chi connectivity index (χ0) is 14.3. The molecule has 0 aromatic rings. The number of carbonyl (C=O) groups excluding carboxylic acids is 1. The molecule has 7 heteroatoms. The summed E-state index contributed by atoms with van der Waals surface area (Å²) >= 11 is 0. The Hall–Kier alpha value is -0.0838. The molecule has 4 fully saturated rings. The number of hydrogen-bond donors (Lipinski definition) is 0. The molecule has 4 saturated carbocycles. The van der Waals surface area contributed by atoms with Gasteiger partial charge in [0.2, 0.25) is 0 Å². The maximum atomic E-state index is 9.03. The molecule has 6 nitrogen and oxygen atoms in total. The van der Waals surface area contributed by atoms with Crippen molar-refractivity contribution >= 4 is 29.2 Å². The van der Waals surface area contributed by atoms with E-state index < -0.39 is 6.16 Å². The normalized spacial score (nSPS) is 34.1. The van der Waals surface area contributed by atoms with Gasteiger partial charge in [0.15, 0.2) is 0 Å². The maximum Gasteiger partial charge on any atom is 2.00 e. The first-order valence-corrected chi connectivity index (χ1v) is 7.32. The minimum absolute atomic E-state index is 0. The average molecular weight is 328 g/mol. The molecule has 0 atom stereocenters. The van der Waals surface area contributed by atoms with Gasteiger partial charge in [0.25, 0.3) is 6.16 Å². The third-order valence-electron chi connectivity index (χ3n) is 5.60. The number of carboxylic acid groups (broad SMARTS) is 1. The quantitative estimate of drug-likeness (QED) is 0.404. The molecule has 0 heterocycles. The minimum atomic E-state index is -1.50. The van der Waals surface area contributed by atoms with Gasteiger partial charge in [-0.3, -0.25) is 0 Å². The summed E-state index contributed by atoms with van der Waals surface area (Å²) in [5.74, 6) is 3.29. The van der Waals surface area contributed by atoms with Gasteiger partial charge in [0.1, 0.15) is 0 Å². The molecule has 0 spiro atoms. The number of nitrogens with zero attached hydrogens (tertiary/aromatic N) is 1. The number of hydrogen-bond acceptors (Lipinski definition) is 5. The fourth-order valence-corrected chi connectivity index (χ4v) is 4.89. The van der Waals surface area contributed by atoms with E-state index in [2.05, 4.69) is 25.9 Å². The average Bonchev–Trinajstić information content (AvgIpc) is 2.26. The van der Waals surface area contributed by atoms with Gasteiger partial charge >= 0.3 is 23.1 Å². The molecule has 0 unspecified atom stereocenters. The van der Waals surface area contributed by atoms with Crippen molar-refractivity contribution in [3.05, 3.63) is 0 Å². The Bertz CT molecular complexity index is 321. The second-order valence-corrected chi connectivity index (χ2v) is 7.61. The topological polar surface area (TPSA) is 109 Å². The van der Waals surface area contributed by atoms with Crippen molar-refractivity contribution in [2.75, 3.05) is 28.3 Å². The van der Waals surface area contributed by atoms with Gasteiger partial charge in [-0.2, -0.15) is 0 Å². The SMILES string of the molecule is COC(=O)[O-].C[N+](C)(C)C12CC3CC(CC(C3)C1)C2.[Mg+2].[OH-].[OH-]. The first kappa shape index (κ1) is 24.2. The molecule has 4 rings (SSSR count). The van der Waals surface area contributed by atoms with Crippen molar-refractivity contribution in [3.8, 4) is 0 Å². The molecule has 126 valence electrons. The predicted octanol–water partition coefficient (Wildman–Crippen LogP) is 0.903. The van der Waals surface area contributed by atoms with Gasteiger partial charge in [-0.25, -0.2) is 0 Å².